The van der Waals surface area contributed by atoms with Gasteiger partial charge in [-0.1, -0.05) is 269 Å². The minimum absolute atomic E-state index is 0.437. The van der Waals surface area contributed by atoms with Crippen molar-refractivity contribution in [3.8, 4) is 0 Å². The van der Waals surface area contributed by atoms with Gasteiger partial charge < -0.3 is 0 Å². The average Bonchev–Trinajstić information content (AvgIpc) is 3.96. The molecule has 0 aromatic rings. The van der Waals surface area contributed by atoms with E-state index in [0.29, 0.717) is 32.5 Å². The fraction of sp³-hybridized carbons (Fsp3) is 1.00. The molecule has 5 fully saturated rings. The van der Waals surface area contributed by atoms with Gasteiger partial charge in [0, 0.05) is 0 Å². The first-order valence-corrected chi connectivity index (χ1v) is 30.1. The topological polar surface area (TPSA) is 0 Å². The van der Waals surface area contributed by atoms with E-state index in [1.165, 1.54) is 63.2 Å². The maximum Gasteiger partial charge on any atom is -0.0297 e. The van der Waals surface area contributed by atoms with Crippen LogP contribution in [0, 0.1) is 121 Å². The lowest BCUT2D eigenvalue weighted by molar-refractivity contribution is 0.120. The molecule has 0 saturated heterocycles. The molecule has 0 bridgehead atoms. The lowest BCUT2D eigenvalue weighted by Gasteiger charge is -2.38. The molecule has 416 valence electrons. The molecule has 0 heterocycles. The summed E-state index contributed by atoms with van der Waals surface area (Å²) >= 11 is 0. The summed E-state index contributed by atoms with van der Waals surface area (Å²) in [6.45, 7) is 82.5. The Morgan fingerprint density at radius 3 is 0.779 bits per heavy atom. The van der Waals surface area contributed by atoms with E-state index in [-0.39, 0.29) is 0 Å². The van der Waals surface area contributed by atoms with Gasteiger partial charge in [0.25, 0.3) is 0 Å². The highest BCUT2D eigenvalue weighted by molar-refractivity contribution is 5.00. The highest BCUT2D eigenvalue weighted by atomic mass is 14.5. The summed E-state index contributed by atoms with van der Waals surface area (Å²) in [6.07, 6.45) is 16.1. The van der Waals surface area contributed by atoms with Gasteiger partial charge in [0.15, 0.2) is 0 Å². The second-order valence-corrected chi connectivity index (χ2v) is 31.9. The van der Waals surface area contributed by atoms with Gasteiger partial charge in [-0.15, -0.1) is 0 Å². The van der Waals surface area contributed by atoms with Crippen molar-refractivity contribution >= 4 is 0 Å². The van der Waals surface area contributed by atoms with Crippen molar-refractivity contribution in [2.75, 3.05) is 0 Å². The molecule has 0 aromatic heterocycles. The Labute approximate surface area is 438 Å². The van der Waals surface area contributed by atoms with Crippen LogP contribution in [0.3, 0.4) is 0 Å². The second-order valence-electron chi connectivity index (χ2n) is 31.9. The molecule has 0 heteroatoms. The maximum absolute atomic E-state index is 2.44. The van der Waals surface area contributed by atoms with Crippen molar-refractivity contribution in [3.05, 3.63) is 0 Å². The van der Waals surface area contributed by atoms with Crippen LogP contribution in [-0.2, 0) is 0 Å². The van der Waals surface area contributed by atoms with E-state index < -0.39 is 0 Å². The van der Waals surface area contributed by atoms with Crippen LogP contribution in [0.4, 0.5) is 0 Å². The molecule has 0 aromatic carbocycles. The van der Waals surface area contributed by atoms with Gasteiger partial charge in [0.2, 0.25) is 0 Å². The quantitative estimate of drug-likeness (QED) is 0.227. The summed E-state index contributed by atoms with van der Waals surface area (Å²) < 4.78 is 0. The summed E-state index contributed by atoms with van der Waals surface area (Å²) in [5, 5.41) is 0. The van der Waals surface area contributed by atoms with Crippen molar-refractivity contribution < 1.29 is 0 Å². The molecule has 0 aliphatic heterocycles. The summed E-state index contributed by atoms with van der Waals surface area (Å²) in [4.78, 5) is 0. The van der Waals surface area contributed by atoms with Crippen LogP contribution in [0.2, 0.25) is 0 Å². The molecule has 68 heavy (non-hydrogen) atoms. The predicted octanol–water partition coefficient (Wildman–Crippen LogP) is 24.5. The number of hydrogen-bond donors (Lipinski definition) is 0. The summed E-state index contributed by atoms with van der Waals surface area (Å²) in [6, 6.07) is 0. The smallest absolute Gasteiger partial charge is 0.0297 e. The Hall–Kier alpha value is 0. The van der Waals surface area contributed by atoms with Gasteiger partial charge in [-0.25, -0.2) is 0 Å². The molecule has 0 amide bonds. The number of rotatable bonds is 8. The third-order valence-electron chi connectivity index (χ3n) is 20.3. The van der Waals surface area contributed by atoms with E-state index in [2.05, 4.69) is 249 Å². The largest absolute Gasteiger partial charge is 0.0651 e. The van der Waals surface area contributed by atoms with Crippen LogP contribution in [0.15, 0.2) is 0 Å². The second kappa shape index (κ2) is 32.3. The third-order valence-corrected chi connectivity index (χ3v) is 20.3. The number of hydrogen-bond acceptors (Lipinski definition) is 0. The Morgan fingerprint density at radius 1 is 0.441 bits per heavy atom. The van der Waals surface area contributed by atoms with E-state index in [0.717, 1.165) is 76.4 Å². The van der Waals surface area contributed by atoms with Crippen molar-refractivity contribution in [2.45, 2.75) is 320 Å². The highest BCUT2D eigenvalue weighted by Gasteiger charge is 2.49. The minimum atomic E-state index is 0.437. The van der Waals surface area contributed by atoms with E-state index in [1.54, 1.807) is 19.3 Å². The molecule has 5 aliphatic carbocycles. The Kier molecular flexibility index (Phi) is 35.4. The molecule has 5 saturated carbocycles. The molecule has 6 atom stereocenters. The lowest BCUT2D eigenvalue weighted by Crippen LogP contribution is -2.29. The van der Waals surface area contributed by atoms with E-state index in [4.69, 9.17) is 0 Å². The van der Waals surface area contributed by atoms with Crippen molar-refractivity contribution in [1.29, 1.82) is 0 Å². The van der Waals surface area contributed by atoms with Crippen LogP contribution >= 0.6 is 0 Å². The van der Waals surface area contributed by atoms with E-state index >= 15 is 0 Å². The predicted molar refractivity (Wildman–Crippen MR) is 321 cm³/mol. The Morgan fingerprint density at radius 2 is 0.750 bits per heavy atom. The standard InChI is InChI=1S/5C8H18.2C7H12.C7H14.C7H16/c1-7(2,3)8(4,5)6;2*1-6-7(2)8(3,4)5;1-6-8(4,5)7(2)3;1-6(2)8(5)7(3)4;1-7(4-5-7)6-2-3-6;1-5-4-7(5)6-2-3-6;1-5-4-6(2)7(5)3;1-6(2)7(3,4)5/h1-6H3;3*7H,6H2,1-5H3;6-8H,1-5H3;6H,2-5H2,1H3;5-7H,2-4H2,1H3;5-7H,4H2,1-3H3;6H,1-5H3/t;;;;;;5-,7?;;/m......0../s1. The Balaban J connectivity index is -0.000000339. The first-order valence-electron chi connectivity index (χ1n) is 30.1. The fourth-order valence-corrected chi connectivity index (χ4v) is 6.70. The lowest BCUT2D eigenvalue weighted by atomic mass is 9.68. The third kappa shape index (κ3) is 36.8. The first kappa shape index (κ1) is 74.5. The zero-order valence-electron chi connectivity index (χ0n) is 55.4. The van der Waals surface area contributed by atoms with Crippen LogP contribution in [-0.4, -0.2) is 0 Å². The van der Waals surface area contributed by atoms with Gasteiger partial charge in [0.05, 0.1) is 0 Å². The molecule has 5 aliphatic rings. The van der Waals surface area contributed by atoms with Crippen molar-refractivity contribution in [3.63, 3.8) is 0 Å². The van der Waals surface area contributed by atoms with Crippen LogP contribution in [0.25, 0.3) is 0 Å². The SMILES string of the molecule is CC(C)(C)C(C)(C)C.CC(C)C(C)(C)C.CC(C)C(C)C(C)C.CC1(C2CC2)CC1.CC1CC(C)C1C.CCC(C)(C)C(C)C.CCC(C)C(C)(C)C.CCC(C)C(C)(C)C.C[C@H]1CC1C1CC1. The van der Waals surface area contributed by atoms with Gasteiger partial charge in [-0.05, 0) is 172 Å². The van der Waals surface area contributed by atoms with Gasteiger partial charge in [-0.2, -0.15) is 0 Å². The first-order chi connectivity index (χ1) is 30.1. The molecule has 5 rings (SSSR count). The Bertz CT molecular complexity index is 1120. The van der Waals surface area contributed by atoms with Crippen LogP contribution < -0.4 is 0 Å². The zero-order valence-corrected chi connectivity index (χ0v) is 55.4. The van der Waals surface area contributed by atoms with Gasteiger partial charge >= 0.3 is 0 Å². The zero-order chi connectivity index (χ0) is 55.4. The fourth-order valence-electron chi connectivity index (χ4n) is 6.70. The van der Waals surface area contributed by atoms with Crippen molar-refractivity contribution in [1.82, 2.24) is 0 Å². The molecular formula is C68H144. The van der Waals surface area contributed by atoms with Crippen LogP contribution in [0.5, 0.6) is 0 Å². The molecule has 0 radical (unpaired) electrons. The van der Waals surface area contributed by atoms with Crippen molar-refractivity contribution in [2.24, 2.45) is 121 Å². The highest BCUT2D eigenvalue weighted by Crippen LogP contribution is 2.60. The monoisotopic (exact) mass is 961 g/mol. The van der Waals surface area contributed by atoms with Gasteiger partial charge in [0.1, 0.15) is 0 Å². The molecule has 0 nitrogen and oxygen atoms in total. The van der Waals surface area contributed by atoms with Crippen LogP contribution in [0.1, 0.15) is 320 Å². The van der Waals surface area contributed by atoms with Gasteiger partial charge in [-0.3, -0.25) is 0 Å². The average molecular weight is 962 g/mol. The molecule has 0 N–H and O–H groups in total. The molecule has 0 spiro atoms. The summed E-state index contributed by atoms with van der Waals surface area (Å²) in [5.74, 6) is 13.5. The normalized spacial score (nSPS) is 23.7. The molecule has 5 unspecified atom stereocenters. The minimum Gasteiger partial charge on any atom is -0.0651 e. The summed E-state index contributed by atoms with van der Waals surface area (Å²) in [7, 11) is 0. The van der Waals surface area contributed by atoms with E-state index in [1.807, 2.05) is 0 Å². The summed E-state index contributed by atoms with van der Waals surface area (Å²) in [5.41, 5.74) is 3.80. The molecular weight excluding hydrogens is 817 g/mol. The van der Waals surface area contributed by atoms with E-state index in [9.17, 15) is 0 Å². The maximum atomic E-state index is 2.44.